The molecule has 1 aromatic rings. The molecule has 4 atom stereocenters. The number of hydrogen-bond donors (Lipinski definition) is 1. The summed E-state index contributed by atoms with van der Waals surface area (Å²) >= 11 is 0. The number of hydrogen-bond acceptors (Lipinski definition) is 4. The number of imide groups is 1. The number of carbonyl (C=O) groups excluding carboxylic acids is 2. The summed E-state index contributed by atoms with van der Waals surface area (Å²) in [5.41, 5.74) is 4.67. The number of nitrogens with zero attached hydrogens (tertiary/aromatic N) is 1. The Morgan fingerprint density at radius 1 is 1.11 bits per heavy atom. The van der Waals surface area contributed by atoms with Crippen LogP contribution in [0.2, 0.25) is 0 Å². The molecule has 2 saturated heterocycles. The third-order valence-electron chi connectivity index (χ3n) is 8.75. The summed E-state index contributed by atoms with van der Waals surface area (Å²) in [6, 6.07) is 7.48. The van der Waals surface area contributed by atoms with E-state index in [1.165, 1.54) is 23.1 Å². The average Bonchev–Trinajstić information content (AvgIpc) is 3.37. The van der Waals surface area contributed by atoms with Crippen molar-refractivity contribution in [1.29, 1.82) is 0 Å². The molecule has 5 nitrogen and oxygen atoms in total. The summed E-state index contributed by atoms with van der Waals surface area (Å²) in [6.07, 6.45) is 9.80. The van der Waals surface area contributed by atoms with Gasteiger partial charge in [0, 0.05) is 17.5 Å². The molecular weight excluding hydrogens is 438 g/mol. The molecule has 2 heterocycles. The average molecular weight is 478 g/mol. The van der Waals surface area contributed by atoms with Gasteiger partial charge in [-0.15, -0.1) is 0 Å². The Morgan fingerprint density at radius 3 is 2.57 bits per heavy atom. The lowest BCUT2D eigenvalue weighted by molar-refractivity contribution is -0.143. The van der Waals surface area contributed by atoms with Gasteiger partial charge in [-0.25, -0.2) is 0 Å². The summed E-state index contributed by atoms with van der Waals surface area (Å²) in [4.78, 5) is 28.9. The maximum atomic E-state index is 13.7. The second-order valence-corrected chi connectivity index (χ2v) is 11.3. The second-order valence-electron chi connectivity index (χ2n) is 11.3. The molecule has 0 bridgehead atoms. The van der Waals surface area contributed by atoms with Crippen molar-refractivity contribution in [1.82, 2.24) is 4.90 Å². The number of phenolic OH excluding ortho intramolecular Hbond substituents is 1. The minimum atomic E-state index is -0.246. The van der Waals surface area contributed by atoms with Gasteiger partial charge in [-0.1, -0.05) is 68.5 Å². The van der Waals surface area contributed by atoms with Crippen LogP contribution in [-0.2, 0) is 14.3 Å². The van der Waals surface area contributed by atoms with Crippen molar-refractivity contribution < 1.29 is 19.4 Å². The van der Waals surface area contributed by atoms with E-state index < -0.39 is 0 Å². The molecule has 2 amide bonds. The summed E-state index contributed by atoms with van der Waals surface area (Å²) in [5, 5.41) is 10.1. The van der Waals surface area contributed by atoms with Crippen LogP contribution < -0.4 is 0 Å². The Balaban J connectivity index is 1.36. The van der Waals surface area contributed by atoms with Crippen molar-refractivity contribution in [3.8, 4) is 5.75 Å². The highest BCUT2D eigenvalue weighted by atomic mass is 16.5. The first-order valence-electron chi connectivity index (χ1n) is 13.5. The molecule has 5 rings (SSSR count). The summed E-state index contributed by atoms with van der Waals surface area (Å²) in [5.74, 6) is 0.349. The zero-order valence-corrected chi connectivity index (χ0v) is 21.3. The van der Waals surface area contributed by atoms with Gasteiger partial charge < -0.3 is 9.84 Å². The zero-order valence-electron chi connectivity index (χ0n) is 21.3. The number of phenols is 1. The predicted molar refractivity (Wildman–Crippen MR) is 136 cm³/mol. The summed E-state index contributed by atoms with van der Waals surface area (Å²) in [6.45, 7) is 7.04. The highest BCUT2D eigenvalue weighted by molar-refractivity contribution is 6.06. The Hall–Kier alpha value is -2.40. The topological polar surface area (TPSA) is 66.8 Å². The van der Waals surface area contributed by atoms with E-state index in [9.17, 15) is 14.7 Å². The lowest BCUT2D eigenvalue weighted by atomic mass is 9.67. The summed E-state index contributed by atoms with van der Waals surface area (Å²) in [7, 11) is 0. The van der Waals surface area contributed by atoms with Crippen LogP contribution in [0.5, 0.6) is 5.75 Å². The van der Waals surface area contributed by atoms with E-state index in [4.69, 9.17) is 4.74 Å². The van der Waals surface area contributed by atoms with Gasteiger partial charge in [0.2, 0.25) is 11.8 Å². The van der Waals surface area contributed by atoms with Crippen LogP contribution in [0, 0.1) is 23.7 Å². The molecule has 0 aromatic heterocycles. The van der Waals surface area contributed by atoms with Gasteiger partial charge in [0.1, 0.15) is 5.75 Å². The van der Waals surface area contributed by atoms with Gasteiger partial charge in [-0.3, -0.25) is 14.5 Å². The molecule has 1 aromatic carbocycles. The van der Waals surface area contributed by atoms with Crippen molar-refractivity contribution in [3.05, 3.63) is 46.5 Å². The largest absolute Gasteiger partial charge is 0.507 e. The first-order valence-corrected chi connectivity index (χ1v) is 13.5. The number of carbonyl (C=O) groups is 2. The van der Waals surface area contributed by atoms with Crippen molar-refractivity contribution in [2.24, 2.45) is 23.7 Å². The predicted octanol–water partition coefficient (Wildman–Crippen LogP) is 5.88. The monoisotopic (exact) mass is 477 g/mol. The molecule has 2 aliphatic carbocycles. The van der Waals surface area contributed by atoms with Crippen LogP contribution in [0.1, 0.15) is 77.7 Å². The number of para-hydroxylation sites is 1. The van der Waals surface area contributed by atoms with E-state index in [0.29, 0.717) is 24.7 Å². The molecule has 188 valence electrons. The molecule has 1 N–H and O–H groups in total. The Kier molecular flexibility index (Phi) is 6.89. The number of fused-ring (bicyclic) bond motifs is 3. The highest BCUT2D eigenvalue weighted by Gasteiger charge is 2.58. The molecule has 4 aliphatic rings. The van der Waals surface area contributed by atoms with Gasteiger partial charge in [-0.05, 0) is 56.6 Å². The smallest absolute Gasteiger partial charge is 0.234 e. The van der Waals surface area contributed by atoms with Crippen molar-refractivity contribution in [2.45, 2.75) is 84.3 Å². The number of likely N-dealkylation sites (tertiary alicyclic amines) is 1. The first-order chi connectivity index (χ1) is 16.9. The fourth-order valence-electron chi connectivity index (χ4n) is 6.99. The van der Waals surface area contributed by atoms with Crippen molar-refractivity contribution in [2.75, 3.05) is 6.61 Å². The molecular formula is C30H39NO4. The van der Waals surface area contributed by atoms with Gasteiger partial charge >= 0.3 is 0 Å². The minimum absolute atomic E-state index is 0.00213. The van der Waals surface area contributed by atoms with Gasteiger partial charge in [0.25, 0.3) is 0 Å². The SMILES string of the molecule is C/C(=C\c1ccccc1O)CC[C@H]1OC[C@H]2C1=C(C(C)C)C[C@H]1C(=O)N(C3CCCCC3)C(=O)[C@H]12. The molecule has 5 heteroatoms. The van der Waals surface area contributed by atoms with Crippen LogP contribution in [0.25, 0.3) is 6.08 Å². The minimum Gasteiger partial charge on any atom is -0.507 e. The molecule has 0 spiro atoms. The van der Waals surface area contributed by atoms with Crippen molar-refractivity contribution >= 4 is 17.9 Å². The summed E-state index contributed by atoms with van der Waals surface area (Å²) < 4.78 is 6.36. The quantitative estimate of drug-likeness (QED) is 0.410. The Bertz CT molecular complexity index is 1050. The van der Waals surface area contributed by atoms with Gasteiger partial charge in [0.15, 0.2) is 0 Å². The van der Waals surface area contributed by atoms with Crippen LogP contribution in [0.15, 0.2) is 41.0 Å². The molecule has 3 fully saturated rings. The molecule has 35 heavy (non-hydrogen) atoms. The third-order valence-corrected chi connectivity index (χ3v) is 8.75. The molecule has 2 aliphatic heterocycles. The second kappa shape index (κ2) is 9.93. The number of ether oxygens (including phenoxy) is 1. The van der Waals surface area contributed by atoms with E-state index in [0.717, 1.165) is 44.1 Å². The van der Waals surface area contributed by atoms with Gasteiger partial charge in [0.05, 0.1) is 24.5 Å². The lowest BCUT2D eigenvalue weighted by Gasteiger charge is -2.33. The zero-order chi connectivity index (χ0) is 24.7. The van der Waals surface area contributed by atoms with E-state index in [1.54, 1.807) is 11.0 Å². The number of aromatic hydroxyl groups is 1. The number of rotatable bonds is 6. The third kappa shape index (κ3) is 4.48. The molecule has 0 radical (unpaired) electrons. The number of amides is 2. The first kappa shape index (κ1) is 24.3. The van der Waals surface area contributed by atoms with Crippen LogP contribution in [-0.4, -0.2) is 40.6 Å². The highest BCUT2D eigenvalue weighted by Crippen LogP contribution is 2.52. The van der Waals surface area contributed by atoms with Crippen LogP contribution >= 0.6 is 0 Å². The number of benzene rings is 1. The Morgan fingerprint density at radius 2 is 1.86 bits per heavy atom. The van der Waals surface area contributed by atoms with E-state index in [-0.39, 0.29) is 41.7 Å². The van der Waals surface area contributed by atoms with Gasteiger partial charge in [-0.2, -0.15) is 0 Å². The number of allylic oxidation sites excluding steroid dienone is 2. The molecule has 0 unspecified atom stereocenters. The van der Waals surface area contributed by atoms with Crippen molar-refractivity contribution in [3.63, 3.8) is 0 Å². The van der Waals surface area contributed by atoms with E-state index >= 15 is 0 Å². The maximum Gasteiger partial charge on any atom is 0.234 e. The van der Waals surface area contributed by atoms with Crippen LogP contribution in [0.4, 0.5) is 0 Å². The van der Waals surface area contributed by atoms with Crippen LogP contribution in [0.3, 0.4) is 0 Å². The van der Waals surface area contributed by atoms with E-state index in [1.807, 2.05) is 24.3 Å². The molecule has 1 saturated carbocycles. The standard InChI is InChI=1S/C30H39NO4/c1-18(2)22-16-23-28(30(34)31(29(23)33)21-10-5-4-6-11-21)24-17-35-26(27(22)24)14-13-19(3)15-20-9-7-8-12-25(20)32/h7-9,12,15,18,21,23-24,26,28,32H,4-6,10-11,13-14,16-17H2,1-3H3/b19-15+/t23-,24+,26-,28-/m1/s1. The Labute approximate surface area is 209 Å². The lowest BCUT2D eigenvalue weighted by Crippen LogP contribution is -2.42. The fourth-order valence-corrected chi connectivity index (χ4v) is 6.99. The maximum absolute atomic E-state index is 13.7. The normalized spacial score (nSPS) is 29.8. The fraction of sp³-hybridized carbons (Fsp3) is 0.600. The van der Waals surface area contributed by atoms with E-state index in [2.05, 4.69) is 20.8 Å².